The van der Waals surface area contributed by atoms with Crippen molar-refractivity contribution in [2.24, 2.45) is 0 Å². The standard InChI is InChI=1S/C17H15N3O3/c1-2-23-14-7-4-3-6-12(14)16-13(8-9-15(21)22)17-18-10-5-11-20(17)19-16/h3-11H,2H2,1H3,(H,21,22)/b9-8+. The molecule has 0 saturated heterocycles. The first-order chi connectivity index (χ1) is 11.2. The topological polar surface area (TPSA) is 76.7 Å². The van der Waals surface area contributed by atoms with Gasteiger partial charge in [0.15, 0.2) is 5.65 Å². The van der Waals surface area contributed by atoms with Crippen LogP contribution in [0.4, 0.5) is 0 Å². The van der Waals surface area contributed by atoms with Gasteiger partial charge in [-0.25, -0.2) is 14.3 Å². The molecule has 116 valence electrons. The molecular formula is C17H15N3O3. The van der Waals surface area contributed by atoms with Crippen molar-refractivity contribution in [3.63, 3.8) is 0 Å². The number of rotatable bonds is 5. The lowest BCUT2D eigenvalue weighted by Gasteiger charge is -2.08. The van der Waals surface area contributed by atoms with E-state index in [-0.39, 0.29) is 0 Å². The number of benzene rings is 1. The molecule has 0 unspecified atom stereocenters. The third kappa shape index (κ3) is 2.91. The number of carboxylic acid groups (broad SMARTS) is 1. The Bertz CT molecular complexity index is 884. The maximum absolute atomic E-state index is 10.9. The van der Waals surface area contributed by atoms with Gasteiger partial charge >= 0.3 is 5.97 Å². The van der Waals surface area contributed by atoms with Gasteiger partial charge in [-0.05, 0) is 31.2 Å². The number of ether oxygens (including phenoxy) is 1. The average molecular weight is 309 g/mol. The van der Waals surface area contributed by atoms with Gasteiger partial charge < -0.3 is 9.84 Å². The molecule has 6 heteroatoms. The first-order valence-corrected chi connectivity index (χ1v) is 7.17. The Morgan fingerprint density at radius 3 is 2.96 bits per heavy atom. The van der Waals surface area contributed by atoms with Crippen molar-refractivity contribution < 1.29 is 14.6 Å². The number of carbonyl (C=O) groups is 1. The summed E-state index contributed by atoms with van der Waals surface area (Å²) in [5.74, 6) is -0.326. The zero-order chi connectivity index (χ0) is 16.2. The Kier molecular flexibility index (Phi) is 4.05. The number of carboxylic acids is 1. The van der Waals surface area contributed by atoms with Gasteiger partial charge in [-0.15, -0.1) is 0 Å². The van der Waals surface area contributed by atoms with Crippen molar-refractivity contribution in [3.8, 4) is 17.0 Å². The smallest absolute Gasteiger partial charge is 0.328 e. The van der Waals surface area contributed by atoms with E-state index in [0.717, 1.165) is 11.6 Å². The minimum absolute atomic E-state index is 0.531. The molecule has 23 heavy (non-hydrogen) atoms. The molecule has 3 rings (SSSR count). The molecule has 0 radical (unpaired) electrons. The van der Waals surface area contributed by atoms with Crippen molar-refractivity contribution >= 4 is 17.7 Å². The molecule has 0 aliphatic heterocycles. The molecule has 1 aromatic carbocycles. The molecule has 0 aliphatic rings. The summed E-state index contributed by atoms with van der Waals surface area (Å²) in [6.45, 7) is 2.44. The molecule has 0 atom stereocenters. The Labute approximate surface area is 132 Å². The first kappa shape index (κ1) is 14.8. The lowest BCUT2D eigenvalue weighted by Crippen LogP contribution is -1.95. The summed E-state index contributed by atoms with van der Waals surface area (Å²) in [5, 5.41) is 13.5. The molecule has 0 bridgehead atoms. The van der Waals surface area contributed by atoms with Gasteiger partial charge in [0.25, 0.3) is 0 Å². The third-order valence-electron chi connectivity index (χ3n) is 3.27. The second-order valence-corrected chi connectivity index (χ2v) is 4.75. The van der Waals surface area contributed by atoms with Crippen LogP contribution in [0.2, 0.25) is 0 Å². The molecule has 0 amide bonds. The predicted octanol–water partition coefficient (Wildman–Crippen LogP) is 2.89. The van der Waals surface area contributed by atoms with Crippen LogP contribution < -0.4 is 4.74 Å². The van der Waals surface area contributed by atoms with Crippen LogP contribution >= 0.6 is 0 Å². The van der Waals surface area contributed by atoms with Crippen molar-refractivity contribution in [2.45, 2.75) is 6.92 Å². The highest BCUT2D eigenvalue weighted by molar-refractivity contribution is 5.91. The molecule has 6 nitrogen and oxygen atoms in total. The van der Waals surface area contributed by atoms with Crippen molar-refractivity contribution in [2.75, 3.05) is 6.61 Å². The summed E-state index contributed by atoms with van der Waals surface area (Å²) in [4.78, 5) is 15.2. The number of nitrogens with zero attached hydrogens (tertiary/aromatic N) is 3. The van der Waals surface area contributed by atoms with E-state index in [1.165, 1.54) is 6.08 Å². The lowest BCUT2D eigenvalue weighted by molar-refractivity contribution is -0.131. The Morgan fingerprint density at radius 1 is 1.35 bits per heavy atom. The number of hydrogen-bond acceptors (Lipinski definition) is 4. The number of fused-ring (bicyclic) bond motifs is 1. The number of para-hydroxylation sites is 1. The lowest BCUT2D eigenvalue weighted by atomic mass is 10.1. The van der Waals surface area contributed by atoms with Crippen LogP contribution in [0, 0.1) is 0 Å². The normalized spacial score (nSPS) is 11.2. The van der Waals surface area contributed by atoms with Crippen LogP contribution in [0.15, 0.2) is 48.8 Å². The van der Waals surface area contributed by atoms with Crippen LogP contribution in [-0.4, -0.2) is 32.3 Å². The van der Waals surface area contributed by atoms with E-state index in [2.05, 4.69) is 10.1 Å². The van der Waals surface area contributed by atoms with Gasteiger partial charge in [0, 0.05) is 29.6 Å². The van der Waals surface area contributed by atoms with E-state index >= 15 is 0 Å². The van der Waals surface area contributed by atoms with E-state index in [1.807, 2.05) is 31.2 Å². The number of hydrogen-bond donors (Lipinski definition) is 1. The van der Waals surface area contributed by atoms with Crippen molar-refractivity contribution in [3.05, 3.63) is 54.4 Å². The highest BCUT2D eigenvalue weighted by Crippen LogP contribution is 2.33. The van der Waals surface area contributed by atoms with Gasteiger partial charge in [0.2, 0.25) is 0 Å². The monoisotopic (exact) mass is 309 g/mol. The van der Waals surface area contributed by atoms with Crippen LogP contribution in [0.25, 0.3) is 23.0 Å². The van der Waals surface area contributed by atoms with E-state index in [1.54, 1.807) is 23.0 Å². The van der Waals surface area contributed by atoms with Crippen LogP contribution in [0.5, 0.6) is 5.75 Å². The average Bonchev–Trinajstić information content (AvgIpc) is 2.92. The fourth-order valence-corrected chi connectivity index (χ4v) is 2.36. The minimum Gasteiger partial charge on any atom is -0.493 e. The summed E-state index contributed by atoms with van der Waals surface area (Å²) in [5.41, 5.74) is 2.65. The second-order valence-electron chi connectivity index (χ2n) is 4.75. The van der Waals surface area contributed by atoms with Gasteiger partial charge in [-0.2, -0.15) is 5.10 Å². The molecule has 2 heterocycles. The summed E-state index contributed by atoms with van der Waals surface area (Å²) >= 11 is 0. The molecule has 0 fully saturated rings. The maximum Gasteiger partial charge on any atom is 0.328 e. The van der Waals surface area contributed by atoms with E-state index in [0.29, 0.717) is 29.3 Å². The van der Waals surface area contributed by atoms with E-state index in [9.17, 15) is 4.79 Å². The fourth-order valence-electron chi connectivity index (χ4n) is 2.36. The summed E-state index contributed by atoms with van der Waals surface area (Å²) < 4.78 is 7.28. The minimum atomic E-state index is -1.02. The van der Waals surface area contributed by atoms with Crippen LogP contribution in [-0.2, 0) is 4.79 Å². The molecule has 0 spiro atoms. The largest absolute Gasteiger partial charge is 0.493 e. The third-order valence-corrected chi connectivity index (χ3v) is 3.27. The molecule has 0 aliphatic carbocycles. The van der Waals surface area contributed by atoms with Crippen molar-refractivity contribution in [1.29, 1.82) is 0 Å². The Hall–Kier alpha value is -3.15. The summed E-state index contributed by atoms with van der Waals surface area (Å²) in [7, 11) is 0. The van der Waals surface area contributed by atoms with E-state index in [4.69, 9.17) is 9.84 Å². The number of aliphatic carboxylic acids is 1. The molecular weight excluding hydrogens is 294 g/mol. The second kappa shape index (κ2) is 6.31. The number of aromatic nitrogens is 3. The molecule has 1 N–H and O–H groups in total. The Morgan fingerprint density at radius 2 is 2.17 bits per heavy atom. The zero-order valence-electron chi connectivity index (χ0n) is 12.5. The quantitative estimate of drug-likeness (QED) is 0.733. The van der Waals surface area contributed by atoms with Crippen LogP contribution in [0.3, 0.4) is 0 Å². The fraction of sp³-hybridized carbons (Fsp3) is 0.118. The molecule has 0 saturated carbocycles. The first-order valence-electron chi connectivity index (χ1n) is 7.17. The summed E-state index contributed by atoms with van der Waals surface area (Å²) in [6, 6.07) is 9.30. The summed E-state index contributed by atoms with van der Waals surface area (Å²) in [6.07, 6.45) is 6.01. The highest BCUT2D eigenvalue weighted by Gasteiger charge is 2.16. The highest BCUT2D eigenvalue weighted by atomic mass is 16.5. The molecule has 3 aromatic rings. The molecule has 2 aromatic heterocycles. The maximum atomic E-state index is 10.9. The van der Waals surface area contributed by atoms with Gasteiger partial charge in [0.1, 0.15) is 11.4 Å². The SMILES string of the molecule is CCOc1ccccc1-c1nn2cccnc2c1/C=C/C(=O)O. The van der Waals surface area contributed by atoms with Crippen LogP contribution in [0.1, 0.15) is 12.5 Å². The van der Waals surface area contributed by atoms with Crippen molar-refractivity contribution in [1.82, 2.24) is 14.6 Å². The van der Waals surface area contributed by atoms with E-state index < -0.39 is 5.97 Å². The van der Waals surface area contributed by atoms with Gasteiger partial charge in [-0.1, -0.05) is 12.1 Å². The predicted molar refractivity (Wildman–Crippen MR) is 86.3 cm³/mol. The van der Waals surface area contributed by atoms with Gasteiger partial charge in [-0.3, -0.25) is 0 Å². The zero-order valence-corrected chi connectivity index (χ0v) is 12.5. The Balaban J connectivity index is 2.25. The van der Waals surface area contributed by atoms with Gasteiger partial charge in [0.05, 0.1) is 6.61 Å².